The molecular weight excluding hydrogens is 268 g/mol. The molecule has 0 aliphatic carbocycles. The summed E-state index contributed by atoms with van der Waals surface area (Å²) in [7, 11) is 0. The standard InChI is InChI=1S/C16H20N2O3/c1-11-8-12-4-2-3-5-14(12)18(11)15(19)10-17-7-6-13(9-17)16(20)21/h2-5,11,13H,6-10H2,1H3,(H,20,21)/t11-,13-/m0/s1. The van der Waals surface area contributed by atoms with Crippen LogP contribution in [0.15, 0.2) is 24.3 Å². The molecule has 112 valence electrons. The number of carboxylic acids is 1. The highest BCUT2D eigenvalue weighted by Crippen LogP contribution is 2.32. The van der Waals surface area contributed by atoms with Crippen LogP contribution in [0.4, 0.5) is 5.69 Å². The third-order valence-corrected chi connectivity index (χ3v) is 4.46. The highest BCUT2D eigenvalue weighted by molar-refractivity contribution is 5.97. The van der Waals surface area contributed by atoms with Crippen LogP contribution in [0.3, 0.4) is 0 Å². The van der Waals surface area contributed by atoms with Gasteiger partial charge in [-0.25, -0.2) is 0 Å². The first-order chi connectivity index (χ1) is 10.1. The van der Waals surface area contributed by atoms with E-state index in [1.165, 1.54) is 5.56 Å². The molecule has 2 aliphatic heterocycles. The maximum Gasteiger partial charge on any atom is 0.307 e. The predicted molar refractivity (Wildman–Crippen MR) is 79.3 cm³/mol. The molecule has 1 fully saturated rings. The van der Waals surface area contributed by atoms with Crippen LogP contribution in [-0.4, -0.2) is 47.6 Å². The van der Waals surface area contributed by atoms with Gasteiger partial charge in [-0.05, 0) is 37.9 Å². The first kappa shape index (κ1) is 14.1. The largest absolute Gasteiger partial charge is 0.481 e. The molecule has 0 saturated carbocycles. The number of anilines is 1. The predicted octanol–water partition coefficient (Wildman–Crippen LogP) is 1.37. The molecule has 0 spiro atoms. The van der Waals surface area contributed by atoms with Gasteiger partial charge < -0.3 is 10.0 Å². The minimum absolute atomic E-state index is 0.0680. The van der Waals surface area contributed by atoms with Crippen molar-refractivity contribution in [2.24, 2.45) is 5.92 Å². The van der Waals surface area contributed by atoms with E-state index in [9.17, 15) is 9.59 Å². The second kappa shape index (κ2) is 5.48. The zero-order valence-electron chi connectivity index (χ0n) is 12.2. The number of para-hydroxylation sites is 1. The Morgan fingerprint density at radius 1 is 1.33 bits per heavy atom. The first-order valence-corrected chi connectivity index (χ1v) is 7.41. The molecule has 5 heteroatoms. The van der Waals surface area contributed by atoms with Crippen molar-refractivity contribution in [3.63, 3.8) is 0 Å². The Hall–Kier alpha value is -1.88. The molecule has 0 aromatic heterocycles. The van der Waals surface area contributed by atoms with Crippen LogP contribution in [0.1, 0.15) is 18.9 Å². The molecule has 2 heterocycles. The molecule has 21 heavy (non-hydrogen) atoms. The van der Waals surface area contributed by atoms with E-state index in [2.05, 4.69) is 13.0 Å². The minimum atomic E-state index is -0.759. The number of benzene rings is 1. The fourth-order valence-corrected chi connectivity index (χ4v) is 3.39. The number of nitrogens with zero attached hydrogens (tertiary/aromatic N) is 2. The molecule has 0 unspecified atom stereocenters. The van der Waals surface area contributed by atoms with E-state index in [0.717, 1.165) is 12.1 Å². The van der Waals surface area contributed by atoms with Crippen molar-refractivity contribution in [2.45, 2.75) is 25.8 Å². The number of carbonyl (C=O) groups excluding carboxylic acids is 1. The number of carbonyl (C=O) groups is 2. The Bertz CT molecular complexity index is 572. The summed E-state index contributed by atoms with van der Waals surface area (Å²) in [6.07, 6.45) is 1.52. The Labute approximate surface area is 124 Å². The van der Waals surface area contributed by atoms with Crippen LogP contribution in [0.5, 0.6) is 0 Å². The zero-order valence-corrected chi connectivity index (χ0v) is 12.2. The molecule has 1 N–H and O–H groups in total. The quantitative estimate of drug-likeness (QED) is 0.912. The molecule has 5 nitrogen and oxygen atoms in total. The van der Waals surface area contributed by atoms with Crippen molar-refractivity contribution in [3.8, 4) is 0 Å². The molecule has 1 saturated heterocycles. The Morgan fingerprint density at radius 3 is 2.81 bits per heavy atom. The molecule has 3 rings (SSSR count). The fourth-order valence-electron chi connectivity index (χ4n) is 3.39. The van der Waals surface area contributed by atoms with Gasteiger partial charge in [0.2, 0.25) is 5.91 Å². The van der Waals surface area contributed by atoms with Gasteiger partial charge >= 0.3 is 5.97 Å². The van der Waals surface area contributed by atoms with E-state index in [0.29, 0.717) is 26.1 Å². The summed E-state index contributed by atoms with van der Waals surface area (Å²) in [5.41, 5.74) is 2.21. The van der Waals surface area contributed by atoms with E-state index >= 15 is 0 Å². The summed E-state index contributed by atoms with van der Waals surface area (Å²) in [6, 6.07) is 8.17. The van der Waals surface area contributed by atoms with Crippen molar-refractivity contribution >= 4 is 17.6 Å². The molecule has 2 aliphatic rings. The molecular formula is C16H20N2O3. The Morgan fingerprint density at radius 2 is 2.10 bits per heavy atom. The van der Waals surface area contributed by atoms with Crippen molar-refractivity contribution in [3.05, 3.63) is 29.8 Å². The van der Waals surface area contributed by atoms with E-state index in [-0.39, 0.29) is 17.9 Å². The lowest BCUT2D eigenvalue weighted by atomic mass is 10.1. The lowest BCUT2D eigenvalue weighted by Gasteiger charge is -2.25. The smallest absolute Gasteiger partial charge is 0.307 e. The van der Waals surface area contributed by atoms with E-state index in [1.807, 2.05) is 28.0 Å². The van der Waals surface area contributed by atoms with Crippen molar-refractivity contribution in [2.75, 3.05) is 24.5 Å². The SMILES string of the molecule is C[C@H]1Cc2ccccc2N1C(=O)CN1CC[C@H](C(=O)O)C1. The summed E-state index contributed by atoms with van der Waals surface area (Å²) in [4.78, 5) is 27.4. The van der Waals surface area contributed by atoms with Crippen molar-refractivity contribution < 1.29 is 14.7 Å². The molecule has 2 atom stereocenters. The molecule has 1 aromatic carbocycles. The van der Waals surface area contributed by atoms with Crippen LogP contribution < -0.4 is 4.90 Å². The minimum Gasteiger partial charge on any atom is -0.481 e. The number of carboxylic acid groups (broad SMARTS) is 1. The van der Waals surface area contributed by atoms with E-state index < -0.39 is 5.97 Å². The number of aliphatic carboxylic acids is 1. The lowest BCUT2D eigenvalue weighted by Crippen LogP contribution is -2.42. The third kappa shape index (κ3) is 2.65. The number of likely N-dealkylation sites (tertiary alicyclic amines) is 1. The summed E-state index contributed by atoms with van der Waals surface area (Å²) in [6.45, 7) is 3.53. The van der Waals surface area contributed by atoms with E-state index in [4.69, 9.17) is 5.11 Å². The van der Waals surface area contributed by atoms with Gasteiger partial charge in [-0.1, -0.05) is 18.2 Å². The topological polar surface area (TPSA) is 60.9 Å². The Balaban J connectivity index is 1.68. The monoisotopic (exact) mass is 288 g/mol. The molecule has 1 amide bonds. The fraction of sp³-hybridized carbons (Fsp3) is 0.500. The average molecular weight is 288 g/mol. The summed E-state index contributed by atoms with van der Waals surface area (Å²) < 4.78 is 0. The van der Waals surface area contributed by atoms with Gasteiger partial charge in [-0.2, -0.15) is 0 Å². The number of rotatable bonds is 3. The first-order valence-electron chi connectivity index (χ1n) is 7.41. The van der Waals surface area contributed by atoms with E-state index in [1.54, 1.807) is 0 Å². The average Bonchev–Trinajstić information content (AvgIpc) is 3.01. The second-order valence-electron chi connectivity index (χ2n) is 6.00. The van der Waals surface area contributed by atoms with Crippen molar-refractivity contribution in [1.29, 1.82) is 0 Å². The van der Waals surface area contributed by atoms with Gasteiger partial charge in [0, 0.05) is 18.3 Å². The molecule has 1 aromatic rings. The van der Waals surface area contributed by atoms with Gasteiger partial charge in [-0.15, -0.1) is 0 Å². The normalized spacial score (nSPS) is 25.1. The highest BCUT2D eigenvalue weighted by Gasteiger charge is 2.34. The van der Waals surface area contributed by atoms with Gasteiger partial charge in [-0.3, -0.25) is 14.5 Å². The second-order valence-corrected chi connectivity index (χ2v) is 6.00. The van der Waals surface area contributed by atoms with Crippen LogP contribution in [-0.2, 0) is 16.0 Å². The summed E-state index contributed by atoms with van der Waals surface area (Å²) in [5.74, 6) is -1.02. The maximum atomic E-state index is 12.6. The highest BCUT2D eigenvalue weighted by atomic mass is 16.4. The molecule has 0 radical (unpaired) electrons. The Kier molecular flexibility index (Phi) is 3.68. The van der Waals surface area contributed by atoms with Gasteiger partial charge in [0.25, 0.3) is 0 Å². The van der Waals surface area contributed by atoms with Crippen LogP contribution in [0.2, 0.25) is 0 Å². The third-order valence-electron chi connectivity index (χ3n) is 4.46. The van der Waals surface area contributed by atoms with Gasteiger partial charge in [0.15, 0.2) is 0 Å². The maximum absolute atomic E-state index is 12.6. The molecule has 0 bridgehead atoms. The lowest BCUT2D eigenvalue weighted by molar-refractivity contribution is -0.141. The van der Waals surface area contributed by atoms with Crippen LogP contribution in [0.25, 0.3) is 0 Å². The zero-order chi connectivity index (χ0) is 15.0. The number of amides is 1. The van der Waals surface area contributed by atoms with Crippen LogP contribution in [0, 0.1) is 5.92 Å². The number of hydrogen-bond donors (Lipinski definition) is 1. The summed E-state index contributed by atoms with van der Waals surface area (Å²) >= 11 is 0. The van der Waals surface area contributed by atoms with Crippen LogP contribution >= 0.6 is 0 Å². The van der Waals surface area contributed by atoms with Gasteiger partial charge in [0.1, 0.15) is 0 Å². The van der Waals surface area contributed by atoms with Crippen molar-refractivity contribution in [1.82, 2.24) is 4.90 Å². The number of hydrogen-bond acceptors (Lipinski definition) is 3. The van der Waals surface area contributed by atoms with Gasteiger partial charge in [0.05, 0.1) is 12.5 Å². The summed E-state index contributed by atoms with van der Waals surface area (Å²) in [5, 5.41) is 9.03. The number of fused-ring (bicyclic) bond motifs is 1.